The van der Waals surface area contributed by atoms with E-state index in [1.807, 2.05) is 30.3 Å². The first-order valence-corrected chi connectivity index (χ1v) is 3.88. The van der Waals surface area contributed by atoms with Crippen molar-refractivity contribution in [2.24, 2.45) is 0 Å². The molecule has 70 valence electrons. The Balaban J connectivity index is 0.000000293. The number of pyridine rings is 1. The Kier molecular flexibility index (Phi) is 3.35. The number of rotatable bonds is 0. The van der Waals surface area contributed by atoms with E-state index in [2.05, 4.69) is 4.98 Å². The van der Waals surface area contributed by atoms with Gasteiger partial charge in [-0.05, 0) is 12.1 Å². The monoisotopic (exact) mass is 188 g/mol. The van der Waals surface area contributed by atoms with Gasteiger partial charge in [0.25, 0.3) is 0 Å². The smallest absolute Gasteiger partial charge is 0.373 e. The second-order valence-electron chi connectivity index (χ2n) is 2.50. The van der Waals surface area contributed by atoms with Crippen LogP contribution in [0.3, 0.4) is 0 Å². The molecular weight excluding hydrogens is 180 g/mol. The maximum atomic E-state index is 8.12. The molecule has 0 aliphatic carbocycles. The number of aromatic nitrogens is 1. The van der Waals surface area contributed by atoms with Gasteiger partial charge in [-0.2, -0.15) is 9.59 Å². The topological polar surface area (TPSA) is 73.0 Å². The number of fused-ring (bicyclic) bond motifs is 1. The lowest BCUT2D eigenvalue weighted by Gasteiger charge is -1.97. The predicted octanol–water partition coefficient (Wildman–Crippen LogP) is 1.23. The van der Waals surface area contributed by atoms with E-state index in [9.17, 15) is 0 Å². The van der Waals surface area contributed by atoms with E-state index in [4.69, 9.17) is 15.3 Å². The molecule has 0 saturated carbocycles. The third-order valence-electron chi connectivity index (χ3n) is 1.68. The number of hydrogen-bond acceptors (Lipinski definition) is 4. The van der Waals surface area contributed by atoms with E-state index in [-0.39, 0.29) is 6.15 Å². The number of carbonyl (C=O) groups excluding carboxylic acids is 2. The second-order valence-corrected chi connectivity index (χ2v) is 2.50. The van der Waals surface area contributed by atoms with Crippen LogP contribution in [0.4, 0.5) is 5.69 Å². The summed E-state index contributed by atoms with van der Waals surface area (Å²) < 4.78 is 0. The molecule has 1 aromatic heterocycles. The van der Waals surface area contributed by atoms with Gasteiger partial charge in [0.05, 0.1) is 5.52 Å². The quantitative estimate of drug-likeness (QED) is 0.674. The van der Waals surface area contributed by atoms with Gasteiger partial charge in [-0.25, -0.2) is 0 Å². The number of anilines is 1. The Bertz CT molecular complexity index is 457. The van der Waals surface area contributed by atoms with Crippen molar-refractivity contribution in [3.05, 3.63) is 36.5 Å². The largest absolute Gasteiger partial charge is 0.398 e. The Morgan fingerprint density at radius 1 is 1.14 bits per heavy atom. The van der Waals surface area contributed by atoms with Crippen molar-refractivity contribution in [3.8, 4) is 0 Å². The molecule has 2 rings (SSSR count). The van der Waals surface area contributed by atoms with Gasteiger partial charge in [-0.15, -0.1) is 0 Å². The molecule has 0 fully saturated rings. The van der Waals surface area contributed by atoms with Crippen LogP contribution in [0.15, 0.2) is 36.5 Å². The number of hydrogen-bond donors (Lipinski definition) is 1. The average Bonchev–Trinajstić information content (AvgIpc) is 2.20. The molecular formula is C10H8N2O2. The molecule has 0 unspecified atom stereocenters. The Labute approximate surface area is 80.4 Å². The first-order valence-electron chi connectivity index (χ1n) is 3.88. The molecule has 4 nitrogen and oxygen atoms in total. The van der Waals surface area contributed by atoms with Crippen LogP contribution in [0.1, 0.15) is 0 Å². The molecule has 1 aromatic carbocycles. The Morgan fingerprint density at radius 2 is 1.79 bits per heavy atom. The molecule has 0 aliphatic heterocycles. The van der Waals surface area contributed by atoms with Gasteiger partial charge in [0.2, 0.25) is 0 Å². The van der Waals surface area contributed by atoms with Gasteiger partial charge in [0, 0.05) is 17.3 Å². The van der Waals surface area contributed by atoms with Crippen molar-refractivity contribution in [1.82, 2.24) is 4.98 Å². The summed E-state index contributed by atoms with van der Waals surface area (Å²) >= 11 is 0. The van der Waals surface area contributed by atoms with Gasteiger partial charge in [-0.1, -0.05) is 18.2 Å². The van der Waals surface area contributed by atoms with E-state index >= 15 is 0 Å². The fourth-order valence-corrected chi connectivity index (χ4v) is 1.12. The van der Waals surface area contributed by atoms with Crippen molar-refractivity contribution in [2.75, 3.05) is 5.73 Å². The lowest BCUT2D eigenvalue weighted by atomic mass is 10.2. The van der Waals surface area contributed by atoms with E-state index in [1.165, 1.54) is 0 Å². The van der Waals surface area contributed by atoms with Gasteiger partial charge in [0.15, 0.2) is 0 Å². The summed E-state index contributed by atoms with van der Waals surface area (Å²) in [5.41, 5.74) is 7.46. The summed E-state index contributed by atoms with van der Waals surface area (Å²) in [5, 5.41) is 1.02. The van der Waals surface area contributed by atoms with Gasteiger partial charge in [-0.3, -0.25) is 4.98 Å². The van der Waals surface area contributed by atoms with Gasteiger partial charge >= 0.3 is 6.15 Å². The zero-order chi connectivity index (χ0) is 10.4. The Morgan fingerprint density at radius 3 is 2.43 bits per heavy atom. The average molecular weight is 188 g/mol. The second kappa shape index (κ2) is 4.74. The summed E-state index contributed by atoms with van der Waals surface area (Å²) in [6, 6.07) is 9.64. The minimum atomic E-state index is 0.250. The minimum absolute atomic E-state index is 0.250. The Hall–Kier alpha value is -2.19. The number of nitrogens with two attached hydrogens (primary N) is 1. The molecule has 0 bridgehead atoms. The lowest BCUT2D eigenvalue weighted by molar-refractivity contribution is -0.191. The molecule has 4 heteroatoms. The van der Waals surface area contributed by atoms with Crippen molar-refractivity contribution in [1.29, 1.82) is 0 Å². The molecule has 1 heterocycles. The van der Waals surface area contributed by atoms with Crippen LogP contribution >= 0.6 is 0 Å². The molecule has 0 spiro atoms. The van der Waals surface area contributed by atoms with Crippen LogP contribution in [0.25, 0.3) is 10.9 Å². The van der Waals surface area contributed by atoms with E-state index in [0.717, 1.165) is 16.6 Å². The zero-order valence-electron chi connectivity index (χ0n) is 7.31. The standard InChI is InChI=1S/C9H8N2.CO2/c10-8-5-6-11-9-4-2-1-3-7(8)9;2-1-3/h1-6H,(H2,10,11);. The molecule has 14 heavy (non-hydrogen) atoms. The fourth-order valence-electron chi connectivity index (χ4n) is 1.12. The fraction of sp³-hybridized carbons (Fsp3) is 0. The highest BCUT2D eigenvalue weighted by Crippen LogP contribution is 2.16. The van der Waals surface area contributed by atoms with Gasteiger partial charge in [0.1, 0.15) is 0 Å². The number of benzene rings is 1. The molecule has 0 amide bonds. The number of nitrogens with zero attached hydrogens (tertiary/aromatic N) is 1. The zero-order valence-corrected chi connectivity index (χ0v) is 7.31. The van der Waals surface area contributed by atoms with Crippen LogP contribution in [0.2, 0.25) is 0 Å². The highest BCUT2D eigenvalue weighted by Gasteiger charge is 1.94. The summed E-state index contributed by atoms with van der Waals surface area (Å²) in [6.07, 6.45) is 1.97. The van der Waals surface area contributed by atoms with E-state index < -0.39 is 0 Å². The number of nitrogen functional groups attached to an aromatic ring is 1. The van der Waals surface area contributed by atoms with Crippen molar-refractivity contribution in [2.45, 2.75) is 0 Å². The molecule has 2 aromatic rings. The lowest BCUT2D eigenvalue weighted by Crippen LogP contribution is -1.87. The molecule has 0 saturated heterocycles. The normalized spacial score (nSPS) is 8.57. The van der Waals surface area contributed by atoms with Crippen molar-refractivity contribution >= 4 is 22.7 Å². The van der Waals surface area contributed by atoms with E-state index in [0.29, 0.717) is 0 Å². The summed E-state index contributed by atoms with van der Waals surface area (Å²) in [7, 11) is 0. The minimum Gasteiger partial charge on any atom is -0.398 e. The van der Waals surface area contributed by atoms with Crippen LogP contribution in [0.5, 0.6) is 0 Å². The summed E-state index contributed by atoms with van der Waals surface area (Å²) in [6.45, 7) is 0. The SMILES string of the molecule is Nc1ccnc2ccccc12.O=C=O. The van der Waals surface area contributed by atoms with Crippen LogP contribution in [-0.2, 0) is 9.59 Å². The molecule has 0 radical (unpaired) electrons. The highest BCUT2D eigenvalue weighted by molar-refractivity contribution is 5.89. The first-order chi connectivity index (χ1) is 6.79. The van der Waals surface area contributed by atoms with Crippen LogP contribution in [0, 0.1) is 0 Å². The van der Waals surface area contributed by atoms with Crippen molar-refractivity contribution in [3.63, 3.8) is 0 Å². The predicted molar refractivity (Wildman–Crippen MR) is 51.2 cm³/mol. The maximum absolute atomic E-state index is 8.12. The van der Waals surface area contributed by atoms with Crippen LogP contribution in [-0.4, -0.2) is 11.1 Å². The first kappa shape index (κ1) is 9.89. The third-order valence-corrected chi connectivity index (χ3v) is 1.68. The highest BCUT2D eigenvalue weighted by atomic mass is 16.2. The molecule has 2 N–H and O–H groups in total. The number of para-hydroxylation sites is 1. The summed E-state index contributed by atoms with van der Waals surface area (Å²) in [5.74, 6) is 0. The molecule has 0 atom stereocenters. The van der Waals surface area contributed by atoms with Gasteiger partial charge < -0.3 is 5.73 Å². The van der Waals surface area contributed by atoms with Crippen molar-refractivity contribution < 1.29 is 9.59 Å². The summed E-state index contributed by atoms with van der Waals surface area (Å²) in [4.78, 5) is 20.4. The van der Waals surface area contributed by atoms with E-state index in [1.54, 1.807) is 6.20 Å². The van der Waals surface area contributed by atoms with Crippen LogP contribution < -0.4 is 5.73 Å². The maximum Gasteiger partial charge on any atom is 0.373 e. The molecule has 0 aliphatic rings. The third kappa shape index (κ3) is 2.15.